The summed E-state index contributed by atoms with van der Waals surface area (Å²) in [7, 11) is 0. The summed E-state index contributed by atoms with van der Waals surface area (Å²) in [4.78, 5) is 12.1. The standard InChI is InChI=1S/C13H16BrCl2NO/c1-8(2)5-10(7-14)17-13(18)11-4-3-9(15)6-12(11)16/h3-4,6,8,10H,5,7H2,1-2H3,(H,17,18). The SMILES string of the molecule is CC(C)CC(CBr)NC(=O)c1ccc(Cl)cc1Cl. The van der Waals surface area contributed by atoms with Gasteiger partial charge in [-0.05, 0) is 30.5 Å². The lowest BCUT2D eigenvalue weighted by molar-refractivity contribution is 0.0937. The van der Waals surface area contributed by atoms with Gasteiger partial charge in [0.15, 0.2) is 0 Å². The van der Waals surface area contributed by atoms with Crippen LogP contribution in [0.3, 0.4) is 0 Å². The number of carbonyl (C=O) groups is 1. The molecule has 0 radical (unpaired) electrons. The topological polar surface area (TPSA) is 29.1 Å². The lowest BCUT2D eigenvalue weighted by Crippen LogP contribution is -2.37. The first-order valence-electron chi connectivity index (χ1n) is 5.76. The minimum atomic E-state index is -0.165. The van der Waals surface area contributed by atoms with Crippen molar-refractivity contribution in [1.82, 2.24) is 5.32 Å². The van der Waals surface area contributed by atoms with Crippen LogP contribution in [-0.2, 0) is 0 Å². The Kier molecular flexibility index (Phi) is 6.47. The first-order chi connectivity index (χ1) is 8.43. The fourth-order valence-electron chi connectivity index (χ4n) is 1.67. The van der Waals surface area contributed by atoms with Gasteiger partial charge in [-0.15, -0.1) is 0 Å². The second kappa shape index (κ2) is 7.37. The number of amides is 1. The van der Waals surface area contributed by atoms with Crippen molar-refractivity contribution in [2.45, 2.75) is 26.3 Å². The van der Waals surface area contributed by atoms with Gasteiger partial charge >= 0.3 is 0 Å². The number of benzene rings is 1. The predicted molar refractivity (Wildman–Crippen MR) is 81.0 cm³/mol. The second-order valence-corrected chi connectivity index (χ2v) is 6.07. The zero-order chi connectivity index (χ0) is 13.7. The minimum Gasteiger partial charge on any atom is -0.348 e. The van der Waals surface area contributed by atoms with Crippen LogP contribution in [0.1, 0.15) is 30.6 Å². The molecule has 0 aliphatic rings. The maximum absolute atomic E-state index is 12.1. The van der Waals surface area contributed by atoms with Crippen LogP contribution in [0.15, 0.2) is 18.2 Å². The van der Waals surface area contributed by atoms with Crippen LogP contribution >= 0.6 is 39.1 Å². The van der Waals surface area contributed by atoms with Gasteiger partial charge in [0.25, 0.3) is 5.91 Å². The highest BCUT2D eigenvalue weighted by molar-refractivity contribution is 9.09. The summed E-state index contributed by atoms with van der Waals surface area (Å²) >= 11 is 15.2. The monoisotopic (exact) mass is 351 g/mol. The van der Waals surface area contributed by atoms with Crippen molar-refractivity contribution in [3.63, 3.8) is 0 Å². The van der Waals surface area contributed by atoms with Crippen molar-refractivity contribution in [1.29, 1.82) is 0 Å². The molecule has 0 saturated carbocycles. The molecule has 1 amide bonds. The van der Waals surface area contributed by atoms with Crippen molar-refractivity contribution in [3.05, 3.63) is 33.8 Å². The zero-order valence-electron chi connectivity index (χ0n) is 10.3. The Morgan fingerprint density at radius 3 is 2.56 bits per heavy atom. The maximum atomic E-state index is 12.1. The molecule has 0 bridgehead atoms. The van der Waals surface area contributed by atoms with Crippen molar-refractivity contribution in [2.24, 2.45) is 5.92 Å². The van der Waals surface area contributed by atoms with Crippen molar-refractivity contribution in [3.8, 4) is 0 Å². The summed E-state index contributed by atoms with van der Waals surface area (Å²) in [6, 6.07) is 4.97. The van der Waals surface area contributed by atoms with Crippen LogP contribution in [0.25, 0.3) is 0 Å². The van der Waals surface area contributed by atoms with Crippen LogP contribution < -0.4 is 5.32 Å². The van der Waals surface area contributed by atoms with E-state index < -0.39 is 0 Å². The van der Waals surface area contributed by atoms with Gasteiger partial charge in [0.2, 0.25) is 0 Å². The van der Waals surface area contributed by atoms with Crippen LogP contribution in [-0.4, -0.2) is 17.3 Å². The molecule has 100 valence electrons. The molecule has 0 aliphatic heterocycles. The van der Waals surface area contributed by atoms with Crippen molar-refractivity contribution >= 4 is 45.0 Å². The highest BCUT2D eigenvalue weighted by Crippen LogP contribution is 2.21. The second-order valence-electron chi connectivity index (χ2n) is 4.58. The van der Waals surface area contributed by atoms with Crippen LogP contribution in [0.4, 0.5) is 0 Å². The van der Waals surface area contributed by atoms with Crippen LogP contribution in [0, 0.1) is 5.92 Å². The number of halogens is 3. The number of nitrogens with one attached hydrogen (secondary N) is 1. The average molecular weight is 353 g/mol. The molecule has 0 fully saturated rings. The van der Waals surface area contributed by atoms with E-state index >= 15 is 0 Å². The number of carbonyl (C=O) groups excluding carboxylic acids is 1. The average Bonchev–Trinajstić information content (AvgIpc) is 2.27. The summed E-state index contributed by atoms with van der Waals surface area (Å²) in [5, 5.41) is 4.58. The lowest BCUT2D eigenvalue weighted by Gasteiger charge is -2.18. The number of hydrogen-bond donors (Lipinski definition) is 1. The van der Waals surface area contributed by atoms with Gasteiger partial charge in [0.05, 0.1) is 10.6 Å². The highest BCUT2D eigenvalue weighted by Gasteiger charge is 2.16. The van der Waals surface area contributed by atoms with E-state index in [9.17, 15) is 4.79 Å². The zero-order valence-corrected chi connectivity index (χ0v) is 13.4. The molecule has 5 heteroatoms. The summed E-state index contributed by atoms with van der Waals surface area (Å²) in [6.07, 6.45) is 0.919. The fourth-order valence-corrected chi connectivity index (χ4v) is 2.59. The van der Waals surface area contributed by atoms with Crippen molar-refractivity contribution in [2.75, 3.05) is 5.33 Å². The molecule has 1 rings (SSSR count). The molecule has 0 spiro atoms. The third kappa shape index (κ3) is 4.79. The quantitative estimate of drug-likeness (QED) is 0.775. The van der Waals surface area contributed by atoms with Crippen LogP contribution in [0.2, 0.25) is 10.0 Å². The summed E-state index contributed by atoms with van der Waals surface area (Å²) < 4.78 is 0. The van der Waals surface area contributed by atoms with Gasteiger partial charge in [-0.1, -0.05) is 53.0 Å². The Labute approximate surface area is 126 Å². The van der Waals surface area contributed by atoms with E-state index in [1.807, 2.05) is 0 Å². The van der Waals surface area contributed by atoms with Gasteiger partial charge < -0.3 is 5.32 Å². The molecule has 18 heavy (non-hydrogen) atoms. The summed E-state index contributed by atoms with van der Waals surface area (Å²) in [5.41, 5.74) is 0.454. The predicted octanol–water partition coefficient (Wildman–Crippen LogP) is 4.53. The Bertz CT molecular complexity index is 423. The Morgan fingerprint density at radius 2 is 2.06 bits per heavy atom. The van der Waals surface area contributed by atoms with E-state index in [1.165, 1.54) is 0 Å². The van der Waals surface area contributed by atoms with Gasteiger partial charge in [-0.3, -0.25) is 4.79 Å². The summed E-state index contributed by atoms with van der Waals surface area (Å²) in [6.45, 7) is 4.24. The molecule has 0 heterocycles. The normalized spacial score (nSPS) is 12.6. The van der Waals surface area contributed by atoms with E-state index in [4.69, 9.17) is 23.2 Å². The molecule has 0 aliphatic carbocycles. The molecule has 1 aromatic carbocycles. The number of alkyl halides is 1. The Hall–Kier alpha value is -0.250. The Morgan fingerprint density at radius 1 is 1.39 bits per heavy atom. The molecule has 1 atom stereocenters. The number of rotatable bonds is 5. The maximum Gasteiger partial charge on any atom is 0.253 e. The minimum absolute atomic E-state index is 0.101. The number of hydrogen-bond acceptors (Lipinski definition) is 1. The molecule has 0 saturated heterocycles. The highest BCUT2D eigenvalue weighted by atomic mass is 79.9. The van der Waals surface area contributed by atoms with E-state index in [0.29, 0.717) is 21.5 Å². The van der Waals surface area contributed by atoms with Crippen LogP contribution in [0.5, 0.6) is 0 Å². The van der Waals surface area contributed by atoms with E-state index in [-0.39, 0.29) is 11.9 Å². The van der Waals surface area contributed by atoms with Gasteiger partial charge in [0, 0.05) is 16.4 Å². The molecular weight excluding hydrogens is 337 g/mol. The lowest BCUT2D eigenvalue weighted by atomic mass is 10.0. The Balaban J connectivity index is 2.74. The van der Waals surface area contributed by atoms with E-state index in [1.54, 1.807) is 18.2 Å². The summed E-state index contributed by atoms with van der Waals surface area (Å²) in [5.74, 6) is 0.357. The smallest absolute Gasteiger partial charge is 0.253 e. The van der Waals surface area contributed by atoms with Gasteiger partial charge in [-0.2, -0.15) is 0 Å². The molecule has 1 unspecified atom stereocenters. The van der Waals surface area contributed by atoms with Gasteiger partial charge in [0.1, 0.15) is 0 Å². The van der Waals surface area contributed by atoms with E-state index in [0.717, 1.165) is 11.8 Å². The molecule has 1 aromatic rings. The first-order valence-corrected chi connectivity index (χ1v) is 7.63. The van der Waals surface area contributed by atoms with Gasteiger partial charge in [-0.25, -0.2) is 0 Å². The molecule has 1 N–H and O–H groups in total. The molecule has 2 nitrogen and oxygen atoms in total. The van der Waals surface area contributed by atoms with Crippen molar-refractivity contribution < 1.29 is 4.79 Å². The largest absolute Gasteiger partial charge is 0.348 e. The molecular formula is C13H16BrCl2NO. The third-order valence-corrected chi connectivity index (χ3v) is 3.78. The third-order valence-electron chi connectivity index (χ3n) is 2.45. The van der Waals surface area contributed by atoms with E-state index in [2.05, 4.69) is 35.1 Å². The fraction of sp³-hybridized carbons (Fsp3) is 0.462. The molecule has 0 aromatic heterocycles. The first kappa shape index (κ1) is 15.8.